The molecule has 33 heavy (non-hydrogen) atoms. The van der Waals surface area contributed by atoms with Crippen LogP contribution < -0.4 is 10.3 Å². The third kappa shape index (κ3) is 5.78. The second-order valence-electron chi connectivity index (χ2n) is 7.58. The van der Waals surface area contributed by atoms with Gasteiger partial charge in [-0.15, -0.1) is 0 Å². The van der Waals surface area contributed by atoms with Crippen LogP contribution in [0.5, 0.6) is 5.75 Å². The molecule has 4 rings (SSSR count). The number of carbonyl (C=O) groups is 2. The Morgan fingerprint density at radius 2 is 1.48 bits per heavy atom. The Labute approximate surface area is 195 Å². The highest BCUT2D eigenvalue weighted by atomic mass is 35.5. The molecule has 8 nitrogen and oxygen atoms in total. The van der Waals surface area contributed by atoms with Gasteiger partial charge < -0.3 is 14.5 Å². The quantitative estimate of drug-likeness (QED) is 0.556. The van der Waals surface area contributed by atoms with Gasteiger partial charge in [0.2, 0.25) is 5.91 Å². The zero-order chi connectivity index (χ0) is 23.2. The van der Waals surface area contributed by atoms with Crippen molar-refractivity contribution in [3.05, 3.63) is 82.1 Å². The highest BCUT2D eigenvalue weighted by Crippen LogP contribution is 2.16. The first-order chi connectivity index (χ1) is 16.0. The third-order valence-electron chi connectivity index (χ3n) is 5.38. The average Bonchev–Trinajstić information content (AvgIpc) is 2.85. The molecule has 2 amide bonds. The summed E-state index contributed by atoms with van der Waals surface area (Å²) in [5.41, 5.74) is 1.15. The molecule has 0 saturated carbocycles. The predicted molar refractivity (Wildman–Crippen MR) is 124 cm³/mol. The van der Waals surface area contributed by atoms with E-state index in [4.69, 9.17) is 16.3 Å². The summed E-state index contributed by atoms with van der Waals surface area (Å²) >= 11 is 5.85. The molecule has 0 unspecified atom stereocenters. The standard InChI is InChI=1S/C24H23ClN4O4/c25-19-6-8-20(9-7-19)33-17-24(32)28-14-12-27(13-15-28)23(31)16-29-22(30)11-10-21(26-29)18-4-2-1-3-5-18/h1-11H,12-17H2. The van der Waals surface area contributed by atoms with Crippen molar-refractivity contribution in [1.29, 1.82) is 0 Å². The number of hydrogen-bond acceptors (Lipinski definition) is 5. The van der Waals surface area contributed by atoms with Gasteiger partial charge >= 0.3 is 0 Å². The lowest BCUT2D eigenvalue weighted by Crippen LogP contribution is -2.52. The molecule has 9 heteroatoms. The van der Waals surface area contributed by atoms with E-state index >= 15 is 0 Å². The normalized spacial score (nSPS) is 13.6. The van der Waals surface area contributed by atoms with Crippen LogP contribution in [0.1, 0.15) is 0 Å². The summed E-state index contributed by atoms with van der Waals surface area (Å²) < 4.78 is 6.70. The van der Waals surface area contributed by atoms with Gasteiger partial charge in [-0.25, -0.2) is 4.68 Å². The summed E-state index contributed by atoms with van der Waals surface area (Å²) in [7, 11) is 0. The van der Waals surface area contributed by atoms with Crippen LogP contribution in [0.2, 0.25) is 5.02 Å². The van der Waals surface area contributed by atoms with Crippen molar-refractivity contribution >= 4 is 23.4 Å². The van der Waals surface area contributed by atoms with Gasteiger partial charge in [-0.1, -0.05) is 41.9 Å². The van der Waals surface area contributed by atoms with Gasteiger partial charge in [0.15, 0.2) is 6.61 Å². The van der Waals surface area contributed by atoms with Gasteiger partial charge in [-0.3, -0.25) is 14.4 Å². The molecule has 1 aromatic heterocycles. The molecule has 1 aliphatic heterocycles. The number of hydrogen-bond donors (Lipinski definition) is 0. The molecule has 2 aromatic carbocycles. The van der Waals surface area contributed by atoms with Crippen LogP contribution in [0.4, 0.5) is 0 Å². The molecule has 1 fully saturated rings. The largest absolute Gasteiger partial charge is 0.484 e. The van der Waals surface area contributed by atoms with Gasteiger partial charge in [0.25, 0.3) is 11.5 Å². The number of carbonyl (C=O) groups excluding carboxylic acids is 2. The van der Waals surface area contributed by atoms with E-state index in [2.05, 4.69) is 5.10 Å². The van der Waals surface area contributed by atoms with Gasteiger partial charge in [-0.2, -0.15) is 5.10 Å². The number of piperazine rings is 1. The zero-order valence-electron chi connectivity index (χ0n) is 17.9. The number of amides is 2. The summed E-state index contributed by atoms with van der Waals surface area (Å²) in [5.74, 6) is 0.210. The third-order valence-corrected chi connectivity index (χ3v) is 5.63. The van der Waals surface area contributed by atoms with Crippen LogP contribution in [0.3, 0.4) is 0 Å². The van der Waals surface area contributed by atoms with Crippen molar-refractivity contribution in [2.75, 3.05) is 32.8 Å². The molecule has 170 valence electrons. The Morgan fingerprint density at radius 1 is 0.848 bits per heavy atom. The van der Waals surface area contributed by atoms with E-state index < -0.39 is 0 Å². The lowest BCUT2D eigenvalue weighted by atomic mass is 10.1. The lowest BCUT2D eigenvalue weighted by molar-refractivity contribution is -0.141. The molecule has 0 atom stereocenters. The number of nitrogens with zero attached hydrogens (tertiary/aromatic N) is 4. The SMILES string of the molecule is O=C(COc1ccc(Cl)cc1)N1CCN(C(=O)Cn2nc(-c3ccccc3)ccc2=O)CC1. The first kappa shape index (κ1) is 22.5. The molecular weight excluding hydrogens is 444 g/mol. The monoisotopic (exact) mass is 466 g/mol. The van der Waals surface area contributed by atoms with E-state index in [1.165, 1.54) is 10.7 Å². The van der Waals surface area contributed by atoms with Crippen molar-refractivity contribution in [3.8, 4) is 17.0 Å². The molecule has 0 bridgehead atoms. The fourth-order valence-electron chi connectivity index (χ4n) is 3.53. The van der Waals surface area contributed by atoms with E-state index in [0.717, 1.165) is 5.56 Å². The molecule has 0 aliphatic carbocycles. The van der Waals surface area contributed by atoms with Crippen LogP contribution in [0.15, 0.2) is 71.5 Å². The number of rotatable bonds is 6. The van der Waals surface area contributed by atoms with Gasteiger partial charge in [0.1, 0.15) is 12.3 Å². The Bertz CT molecular complexity index is 1170. The first-order valence-corrected chi connectivity index (χ1v) is 10.9. The zero-order valence-corrected chi connectivity index (χ0v) is 18.6. The Kier molecular flexibility index (Phi) is 7.04. The second kappa shape index (κ2) is 10.3. The Hall–Kier alpha value is -3.65. The summed E-state index contributed by atoms with van der Waals surface area (Å²) in [5, 5.41) is 4.94. The van der Waals surface area contributed by atoms with Crippen molar-refractivity contribution in [2.24, 2.45) is 0 Å². The minimum atomic E-state index is -0.337. The minimum absolute atomic E-state index is 0.0822. The van der Waals surface area contributed by atoms with E-state index in [0.29, 0.717) is 42.6 Å². The Morgan fingerprint density at radius 3 is 2.15 bits per heavy atom. The smallest absolute Gasteiger partial charge is 0.267 e. The van der Waals surface area contributed by atoms with E-state index in [9.17, 15) is 14.4 Å². The molecule has 2 heterocycles. The summed E-state index contributed by atoms with van der Waals surface area (Å²) in [6.45, 7) is 1.35. The topological polar surface area (TPSA) is 84.7 Å². The number of benzene rings is 2. The van der Waals surface area contributed by atoms with E-state index in [-0.39, 0.29) is 30.5 Å². The maximum absolute atomic E-state index is 12.8. The molecule has 3 aromatic rings. The molecule has 1 aliphatic rings. The molecule has 0 radical (unpaired) electrons. The fourth-order valence-corrected chi connectivity index (χ4v) is 3.65. The fraction of sp³-hybridized carbons (Fsp3) is 0.250. The van der Waals surface area contributed by atoms with Crippen molar-refractivity contribution in [3.63, 3.8) is 0 Å². The number of halogens is 1. The van der Waals surface area contributed by atoms with Crippen molar-refractivity contribution in [1.82, 2.24) is 19.6 Å². The number of aromatic nitrogens is 2. The van der Waals surface area contributed by atoms with Crippen molar-refractivity contribution in [2.45, 2.75) is 6.54 Å². The second-order valence-corrected chi connectivity index (χ2v) is 8.02. The highest BCUT2D eigenvalue weighted by molar-refractivity contribution is 6.30. The molecule has 1 saturated heterocycles. The Balaban J connectivity index is 1.30. The number of ether oxygens (including phenoxy) is 1. The average molecular weight is 467 g/mol. The highest BCUT2D eigenvalue weighted by Gasteiger charge is 2.25. The summed E-state index contributed by atoms with van der Waals surface area (Å²) in [4.78, 5) is 40.7. The van der Waals surface area contributed by atoms with Gasteiger partial charge in [0.05, 0.1) is 5.69 Å². The minimum Gasteiger partial charge on any atom is -0.484 e. The summed E-state index contributed by atoms with van der Waals surface area (Å²) in [6.07, 6.45) is 0. The predicted octanol–water partition coefficient (Wildman–Crippen LogP) is 2.31. The maximum Gasteiger partial charge on any atom is 0.267 e. The first-order valence-electron chi connectivity index (χ1n) is 10.6. The van der Waals surface area contributed by atoms with Crippen LogP contribution in [0, 0.1) is 0 Å². The lowest BCUT2D eigenvalue weighted by Gasteiger charge is -2.34. The van der Waals surface area contributed by atoms with Crippen LogP contribution in [0.25, 0.3) is 11.3 Å². The van der Waals surface area contributed by atoms with Crippen molar-refractivity contribution < 1.29 is 14.3 Å². The van der Waals surface area contributed by atoms with E-state index in [1.54, 1.807) is 40.1 Å². The van der Waals surface area contributed by atoms with Crippen LogP contribution in [-0.4, -0.2) is 64.2 Å². The van der Waals surface area contributed by atoms with E-state index in [1.807, 2.05) is 30.3 Å². The molecule has 0 N–H and O–H groups in total. The summed E-state index contributed by atoms with van der Waals surface area (Å²) in [6, 6.07) is 19.3. The molecular formula is C24H23ClN4O4. The van der Waals surface area contributed by atoms with Crippen LogP contribution in [-0.2, 0) is 16.1 Å². The molecule has 0 spiro atoms. The maximum atomic E-state index is 12.8. The van der Waals surface area contributed by atoms with Crippen LogP contribution >= 0.6 is 11.6 Å². The van der Waals surface area contributed by atoms with Gasteiger partial charge in [0, 0.05) is 42.8 Å². The van der Waals surface area contributed by atoms with Gasteiger partial charge in [-0.05, 0) is 30.3 Å².